The molecule has 22 heavy (non-hydrogen) atoms. The van der Waals surface area contributed by atoms with E-state index >= 15 is 0 Å². The predicted octanol–water partition coefficient (Wildman–Crippen LogP) is 3.30. The molecule has 0 bridgehead atoms. The summed E-state index contributed by atoms with van der Waals surface area (Å²) in [6, 6.07) is 13.8. The molecule has 2 aromatic carbocycles. The second-order valence-corrected chi connectivity index (χ2v) is 5.13. The molecule has 0 aliphatic rings. The van der Waals surface area contributed by atoms with Crippen LogP contribution < -0.4 is 15.4 Å². The van der Waals surface area contributed by atoms with Crippen molar-refractivity contribution < 1.29 is 4.74 Å². The summed E-state index contributed by atoms with van der Waals surface area (Å²) in [7, 11) is 3.62. The highest BCUT2D eigenvalue weighted by atomic mass is 16.5. The van der Waals surface area contributed by atoms with Crippen molar-refractivity contribution in [3.05, 3.63) is 48.0 Å². The molecule has 0 aliphatic carbocycles. The fraction of sp³-hybridized carbons (Fsp3) is 0.176. The van der Waals surface area contributed by atoms with Crippen LogP contribution in [0.5, 0.6) is 5.75 Å². The molecule has 1 aromatic heterocycles. The molecule has 0 unspecified atom stereocenters. The smallest absolute Gasteiger partial charge is 0.222 e. The molecule has 0 amide bonds. The van der Waals surface area contributed by atoms with E-state index in [0.29, 0.717) is 0 Å². The average molecular weight is 294 g/mol. The van der Waals surface area contributed by atoms with Crippen LogP contribution in [0, 0.1) is 6.92 Å². The Kier molecular flexibility index (Phi) is 3.55. The quantitative estimate of drug-likeness (QED) is 0.803. The summed E-state index contributed by atoms with van der Waals surface area (Å²) in [5, 5.41) is 1.01. The fourth-order valence-corrected chi connectivity index (χ4v) is 2.52. The van der Waals surface area contributed by atoms with Crippen LogP contribution in [0.2, 0.25) is 0 Å². The summed E-state index contributed by atoms with van der Waals surface area (Å²) >= 11 is 0. The van der Waals surface area contributed by atoms with Crippen molar-refractivity contribution in [3.63, 3.8) is 0 Å². The number of methoxy groups -OCH3 is 1. The van der Waals surface area contributed by atoms with E-state index < -0.39 is 0 Å². The summed E-state index contributed by atoms with van der Waals surface area (Å²) in [5.41, 5.74) is 8.84. The number of nitrogens with two attached hydrogens (primary N) is 1. The van der Waals surface area contributed by atoms with E-state index in [2.05, 4.69) is 9.97 Å². The van der Waals surface area contributed by atoms with Crippen molar-refractivity contribution in [1.29, 1.82) is 0 Å². The average Bonchev–Trinajstić information content (AvgIpc) is 2.53. The number of benzene rings is 2. The minimum atomic E-state index is 0.272. The Morgan fingerprint density at radius 2 is 1.77 bits per heavy atom. The zero-order chi connectivity index (χ0) is 15.7. The second kappa shape index (κ2) is 5.52. The van der Waals surface area contributed by atoms with Crippen LogP contribution in [0.25, 0.3) is 10.9 Å². The van der Waals surface area contributed by atoms with Gasteiger partial charge in [0.2, 0.25) is 5.95 Å². The van der Waals surface area contributed by atoms with Crippen molar-refractivity contribution in [2.45, 2.75) is 6.92 Å². The van der Waals surface area contributed by atoms with Crippen LogP contribution in [0.15, 0.2) is 42.5 Å². The highest BCUT2D eigenvalue weighted by Crippen LogP contribution is 2.32. The zero-order valence-electron chi connectivity index (χ0n) is 12.9. The molecule has 0 atom stereocenters. The topological polar surface area (TPSA) is 64.3 Å². The van der Waals surface area contributed by atoms with E-state index in [9.17, 15) is 0 Å². The molecule has 0 saturated heterocycles. The number of aromatic nitrogens is 2. The van der Waals surface area contributed by atoms with E-state index in [4.69, 9.17) is 10.5 Å². The highest BCUT2D eigenvalue weighted by molar-refractivity contribution is 5.94. The van der Waals surface area contributed by atoms with Gasteiger partial charge in [0, 0.05) is 18.1 Å². The summed E-state index contributed by atoms with van der Waals surface area (Å²) in [4.78, 5) is 10.8. The number of ether oxygens (including phenoxy) is 1. The van der Waals surface area contributed by atoms with Crippen molar-refractivity contribution in [1.82, 2.24) is 9.97 Å². The van der Waals surface area contributed by atoms with Crippen molar-refractivity contribution in [2.24, 2.45) is 0 Å². The Morgan fingerprint density at radius 3 is 2.45 bits per heavy atom. The van der Waals surface area contributed by atoms with Gasteiger partial charge < -0.3 is 15.4 Å². The number of nitrogen functional groups attached to an aromatic ring is 1. The molecule has 0 fully saturated rings. The van der Waals surface area contributed by atoms with Crippen LogP contribution in [0.4, 0.5) is 17.5 Å². The summed E-state index contributed by atoms with van der Waals surface area (Å²) in [6.45, 7) is 2.05. The maximum absolute atomic E-state index is 5.87. The first-order valence-electron chi connectivity index (χ1n) is 7.01. The van der Waals surface area contributed by atoms with Gasteiger partial charge in [-0.25, -0.2) is 4.98 Å². The summed E-state index contributed by atoms with van der Waals surface area (Å²) in [6.07, 6.45) is 0. The van der Waals surface area contributed by atoms with Crippen LogP contribution in [0.3, 0.4) is 0 Å². The first-order valence-corrected chi connectivity index (χ1v) is 7.01. The third-order valence-electron chi connectivity index (χ3n) is 3.71. The number of fused-ring (bicyclic) bond motifs is 1. The number of rotatable bonds is 3. The van der Waals surface area contributed by atoms with Gasteiger partial charge in [-0.05, 0) is 42.8 Å². The number of hydrogen-bond acceptors (Lipinski definition) is 5. The Balaban J connectivity index is 2.15. The third kappa shape index (κ3) is 2.41. The molecule has 0 spiro atoms. The van der Waals surface area contributed by atoms with Gasteiger partial charge in [0.05, 0.1) is 12.6 Å². The van der Waals surface area contributed by atoms with Crippen molar-refractivity contribution >= 4 is 28.4 Å². The molecular formula is C17H18N4O. The lowest BCUT2D eigenvalue weighted by Gasteiger charge is -2.21. The minimum absolute atomic E-state index is 0.272. The maximum Gasteiger partial charge on any atom is 0.222 e. The van der Waals surface area contributed by atoms with Gasteiger partial charge in [-0.3, -0.25) is 0 Å². The normalized spacial score (nSPS) is 10.7. The van der Waals surface area contributed by atoms with Gasteiger partial charge in [-0.15, -0.1) is 0 Å². The molecule has 3 aromatic rings. The van der Waals surface area contributed by atoms with Crippen LogP contribution in [-0.4, -0.2) is 24.1 Å². The van der Waals surface area contributed by atoms with Gasteiger partial charge in [0.1, 0.15) is 11.6 Å². The van der Waals surface area contributed by atoms with E-state index in [1.54, 1.807) is 7.11 Å². The van der Waals surface area contributed by atoms with E-state index in [0.717, 1.165) is 33.7 Å². The third-order valence-corrected chi connectivity index (χ3v) is 3.71. The molecule has 112 valence electrons. The lowest BCUT2D eigenvalue weighted by Crippen LogP contribution is -2.13. The number of hydrogen-bond donors (Lipinski definition) is 1. The first-order chi connectivity index (χ1) is 10.6. The minimum Gasteiger partial charge on any atom is -0.497 e. The van der Waals surface area contributed by atoms with Crippen molar-refractivity contribution in [2.75, 3.05) is 24.8 Å². The summed E-state index contributed by atoms with van der Waals surface area (Å²) < 4.78 is 5.20. The van der Waals surface area contributed by atoms with Gasteiger partial charge in [0.15, 0.2) is 0 Å². The SMILES string of the molecule is COc1ccc(N(C)c2nc(N)nc3cccc(C)c23)cc1. The summed E-state index contributed by atoms with van der Waals surface area (Å²) in [5.74, 6) is 1.89. The molecule has 2 N–H and O–H groups in total. The Hall–Kier alpha value is -2.82. The lowest BCUT2D eigenvalue weighted by molar-refractivity contribution is 0.415. The van der Waals surface area contributed by atoms with Gasteiger partial charge in [-0.1, -0.05) is 12.1 Å². The van der Waals surface area contributed by atoms with E-state index in [1.807, 2.05) is 61.3 Å². The Bertz CT molecular complexity index is 815. The molecule has 1 heterocycles. The Labute approximate surface area is 129 Å². The molecule has 3 rings (SSSR count). The van der Waals surface area contributed by atoms with Crippen molar-refractivity contribution in [3.8, 4) is 5.75 Å². The number of anilines is 3. The monoisotopic (exact) mass is 294 g/mol. The Morgan fingerprint density at radius 1 is 1.05 bits per heavy atom. The number of nitrogens with zero attached hydrogens (tertiary/aromatic N) is 3. The zero-order valence-corrected chi connectivity index (χ0v) is 12.9. The van der Waals surface area contributed by atoms with Gasteiger partial charge in [0.25, 0.3) is 0 Å². The van der Waals surface area contributed by atoms with Crippen LogP contribution in [-0.2, 0) is 0 Å². The molecule has 5 nitrogen and oxygen atoms in total. The second-order valence-electron chi connectivity index (χ2n) is 5.13. The van der Waals surface area contributed by atoms with E-state index in [1.165, 1.54) is 0 Å². The maximum atomic E-state index is 5.87. The largest absolute Gasteiger partial charge is 0.497 e. The molecular weight excluding hydrogens is 276 g/mol. The van der Waals surface area contributed by atoms with Gasteiger partial charge in [-0.2, -0.15) is 4.98 Å². The molecule has 5 heteroatoms. The first kappa shape index (κ1) is 14.1. The molecule has 0 radical (unpaired) electrons. The molecule has 0 aliphatic heterocycles. The van der Waals surface area contributed by atoms with E-state index in [-0.39, 0.29) is 5.95 Å². The highest BCUT2D eigenvalue weighted by Gasteiger charge is 2.14. The standard InChI is InChI=1S/C17H18N4O/c1-11-5-4-6-14-15(11)16(20-17(18)19-14)21(2)12-7-9-13(22-3)10-8-12/h4-10H,1-3H3,(H2,18,19,20). The van der Waals surface area contributed by atoms with Crippen LogP contribution >= 0.6 is 0 Å². The molecule has 0 saturated carbocycles. The van der Waals surface area contributed by atoms with Gasteiger partial charge >= 0.3 is 0 Å². The fourth-order valence-electron chi connectivity index (χ4n) is 2.52. The number of aryl methyl sites for hydroxylation is 1. The lowest BCUT2D eigenvalue weighted by atomic mass is 10.1. The van der Waals surface area contributed by atoms with Crippen LogP contribution in [0.1, 0.15) is 5.56 Å². The predicted molar refractivity (Wildman–Crippen MR) is 89.7 cm³/mol.